The van der Waals surface area contributed by atoms with Crippen LogP contribution in [-0.2, 0) is 22.7 Å². The largest absolute Gasteiger partial charge is 0.334 e. The Balaban J connectivity index is 1.60. The maximum Gasteiger partial charge on any atom is 0.334 e. The van der Waals surface area contributed by atoms with Crippen molar-refractivity contribution in [3.63, 3.8) is 0 Å². The van der Waals surface area contributed by atoms with Gasteiger partial charge in [0.2, 0.25) is 11.8 Å². The molecular weight excluding hydrogens is 540 g/mol. The van der Waals surface area contributed by atoms with Gasteiger partial charge in [-0.15, -0.1) is 0 Å². The lowest BCUT2D eigenvalue weighted by Crippen LogP contribution is -2.75. The molecule has 2 aromatic carbocycles. The van der Waals surface area contributed by atoms with E-state index in [1.54, 1.807) is 64.0 Å². The van der Waals surface area contributed by atoms with Crippen LogP contribution in [0.5, 0.6) is 0 Å². The molecule has 198 valence electrons. The van der Waals surface area contributed by atoms with E-state index >= 15 is 0 Å². The molecule has 37 heavy (non-hydrogen) atoms. The number of hydrogen-bond acceptors (Lipinski definition) is 5. The number of urea groups is 1. The summed E-state index contributed by atoms with van der Waals surface area (Å²) in [5.74, 6) is -0.0710. The molecule has 4 amide bonds. The summed E-state index contributed by atoms with van der Waals surface area (Å²) >= 11 is 14.0. The zero-order valence-electron chi connectivity index (χ0n) is 20.5. The lowest BCUT2D eigenvalue weighted by molar-refractivity contribution is -0.187. The van der Waals surface area contributed by atoms with E-state index in [0.717, 1.165) is 11.1 Å². The van der Waals surface area contributed by atoms with E-state index in [1.807, 2.05) is 6.26 Å². The van der Waals surface area contributed by atoms with E-state index < -0.39 is 18.2 Å². The fraction of sp³-hybridized carbons (Fsp3) is 0.400. The number of nitrogens with one attached hydrogen (secondary N) is 1. The number of piperazine rings is 1. The highest BCUT2D eigenvalue weighted by Crippen LogP contribution is 2.30. The van der Waals surface area contributed by atoms with Crippen LogP contribution in [-0.4, -0.2) is 82.0 Å². The number of hydrazine groups is 1. The van der Waals surface area contributed by atoms with Gasteiger partial charge in [-0.1, -0.05) is 41.4 Å². The third kappa shape index (κ3) is 6.14. The van der Waals surface area contributed by atoms with Gasteiger partial charge in [-0.25, -0.2) is 19.2 Å². The molecule has 2 saturated heterocycles. The molecule has 0 radical (unpaired) electrons. The quantitative estimate of drug-likeness (QED) is 0.550. The molecule has 4 rings (SSSR count). The molecule has 12 heteroatoms. The average Bonchev–Trinajstić information content (AvgIpc) is 2.85. The Morgan fingerprint density at radius 2 is 1.89 bits per heavy atom. The Kier molecular flexibility index (Phi) is 8.84. The zero-order chi connectivity index (χ0) is 26.7. The molecule has 0 saturated carbocycles. The predicted molar refractivity (Wildman–Crippen MR) is 142 cm³/mol. The molecule has 0 aromatic heterocycles. The highest BCUT2D eigenvalue weighted by molar-refractivity contribution is 7.98. The van der Waals surface area contributed by atoms with Crippen molar-refractivity contribution in [2.75, 3.05) is 32.1 Å². The molecule has 2 heterocycles. The van der Waals surface area contributed by atoms with Gasteiger partial charge in [0.25, 0.3) is 0 Å². The second-order valence-corrected chi connectivity index (χ2v) is 10.8. The van der Waals surface area contributed by atoms with Crippen molar-refractivity contribution in [1.29, 1.82) is 0 Å². The molecule has 8 nitrogen and oxygen atoms in total. The highest BCUT2D eigenvalue weighted by atomic mass is 35.5. The van der Waals surface area contributed by atoms with Gasteiger partial charge in [0, 0.05) is 30.2 Å². The van der Waals surface area contributed by atoms with Gasteiger partial charge in [-0.05, 0) is 53.8 Å². The van der Waals surface area contributed by atoms with Crippen LogP contribution >= 0.6 is 35.0 Å². The van der Waals surface area contributed by atoms with E-state index in [0.29, 0.717) is 22.2 Å². The van der Waals surface area contributed by atoms with E-state index in [9.17, 15) is 18.8 Å². The van der Waals surface area contributed by atoms with Gasteiger partial charge in [0.15, 0.2) is 0 Å². The first-order valence-electron chi connectivity index (χ1n) is 11.7. The van der Waals surface area contributed by atoms with Crippen molar-refractivity contribution in [2.24, 2.45) is 0 Å². The normalized spacial score (nSPS) is 20.3. The SMILES string of the molecule is CSCC[C@H]1C(=O)N(Cc2ccc(Cl)cc2Cl)C[C@H]2N1C(=O)CN(C)N2C(=O)NCc1ccc(F)cc1. The van der Waals surface area contributed by atoms with Gasteiger partial charge in [-0.2, -0.15) is 11.8 Å². The third-order valence-corrected chi connectivity index (χ3v) is 7.71. The number of thioether (sulfide) groups is 1. The van der Waals surface area contributed by atoms with Gasteiger partial charge >= 0.3 is 6.03 Å². The monoisotopic (exact) mass is 567 g/mol. The maximum absolute atomic E-state index is 13.6. The van der Waals surface area contributed by atoms with Crippen LogP contribution in [0.1, 0.15) is 17.5 Å². The van der Waals surface area contributed by atoms with Crippen LogP contribution in [0.4, 0.5) is 9.18 Å². The van der Waals surface area contributed by atoms with Crippen LogP contribution in [0.25, 0.3) is 0 Å². The predicted octanol–water partition coefficient (Wildman–Crippen LogP) is 3.82. The molecule has 0 unspecified atom stereocenters. The topological polar surface area (TPSA) is 76.2 Å². The van der Waals surface area contributed by atoms with Crippen molar-refractivity contribution in [1.82, 2.24) is 25.1 Å². The van der Waals surface area contributed by atoms with Crippen molar-refractivity contribution in [3.05, 3.63) is 69.5 Å². The lowest BCUT2D eigenvalue weighted by atomic mass is 10.0. The summed E-state index contributed by atoms with van der Waals surface area (Å²) in [7, 11) is 1.67. The first-order chi connectivity index (χ1) is 17.7. The first kappa shape index (κ1) is 27.5. The number of carbonyl (C=O) groups is 3. The average molecular weight is 569 g/mol. The molecular formula is C25H28Cl2FN5O3S. The van der Waals surface area contributed by atoms with Gasteiger partial charge in [0.1, 0.15) is 18.0 Å². The van der Waals surface area contributed by atoms with Crippen LogP contribution in [0, 0.1) is 5.82 Å². The fourth-order valence-corrected chi connectivity index (χ4v) is 5.60. The van der Waals surface area contributed by atoms with Gasteiger partial charge < -0.3 is 15.1 Å². The Bertz CT molecular complexity index is 1170. The van der Waals surface area contributed by atoms with Crippen LogP contribution in [0.15, 0.2) is 42.5 Å². The van der Waals surface area contributed by atoms with Crippen molar-refractivity contribution >= 4 is 52.8 Å². The van der Waals surface area contributed by atoms with Crippen molar-refractivity contribution < 1.29 is 18.8 Å². The highest BCUT2D eigenvalue weighted by Gasteiger charge is 2.50. The van der Waals surface area contributed by atoms with Crippen molar-refractivity contribution in [2.45, 2.75) is 31.7 Å². The van der Waals surface area contributed by atoms with Gasteiger partial charge in [0.05, 0.1) is 13.1 Å². The first-order valence-corrected chi connectivity index (χ1v) is 13.9. The summed E-state index contributed by atoms with van der Waals surface area (Å²) in [6.45, 7) is 0.487. The molecule has 1 N–H and O–H groups in total. The molecule has 2 aromatic rings. The minimum absolute atomic E-state index is 0.0352. The van der Waals surface area contributed by atoms with Crippen LogP contribution < -0.4 is 5.32 Å². The van der Waals surface area contributed by atoms with Gasteiger partial charge in [-0.3, -0.25) is 9.59 Å². The third-order valence-electron chi connectivity index (χ3n) is 6.48. The Labute approximate surface area is 229 Å². The minimum Gasteiger partial charge on any atom is -0.333 e. The number of carbonyl (C=O) groups excluding carboxylic acids is 3. The standard InChI is InChI=1S/C25H28Cl2FN5O3S/c1-30-15-23(34)32-21(9-10-37-2)24(35)31(13-17-5-6-18(26)11-20(17)27)14-22(32)33(30)25(36)29-12-16-3-7-19(28)8-4-16/h3-8,11,21-22H,9-10,12-15H2,1-2H3,(H,29,36)/t21-,22-/m0/s1. The zero-order valence-corrected chi connectivity index (χ0v) is 22.8. The number of fused-ring (bicyclic) bond motifs is 1. The second kappa shape index (κ2) is 11.9. The molecule has 2 aliphatic heterocycles. The summed E-state index contributed by atoms with van der Waals surface area (Å²) in [6, 6.07) is 9.84. The Hall–Kier alpha value is -2.53. The van der Waals surface area contributed by atoms with E-state index in [-0.39, 0.29) is 43.8 Å². The number of hydrogen-bond donors (Lipinski definition) is 1. The number of rotatable bonds is 7. The minimum atomic E-state index is -0.703. The van der Waals surface area contributed by atoms with E-state index in [4.69, 9.17) is 23.2 Å². The molecule has 2 fully saturated rings. The molecule has 0 bridgehead atoms. The van der Waals surface area contributed by atoms with Crippen LogP contribution in [0.3, 0.4) is 0 Å². The van der Waals surface area contributed by atoms with E-state index in [1.165, 1.54) is 17.1 Å². The summed E-state index contributed by atoms with van der Waals surface area (Å²) in [5, 5.41) is 6.84. The lowest BCUT2D eigenvalue weighted by Gasteiger charge is -2.54. The number of nitrogens with zero attached hydrogens (tertiary/aromatic N) is 4. The second-order valence-electron chi connectivity index (χ2n) is 8.98. The maximum atomic E-state index is 13.6. The Morgan fingerprint density at radius 1 is 1.16 bits per heavy atom. The van der Waals surface area contributed by atoms with E-state index in [2.05, 4.69) is 5.32 Å². The number of benzene rings is 2. The number of amides is 4. The summed E-state index contributed by atoms with van der Waals surface area (Å²) < 4.78 is 13.3. The van der Waals surface area contributed by atoms with Crippen molar-refractivity contribution in [3.8, 4) is 0 Å². The molecule has 2 aliphatic rings. The molecule has 2 atom stereocenters. The summed E-state index contributed by atoms with van der Waals surface area (Å²) in [5.41, 5.74) is 1.46. The summed E-state index contributed by atoms with van der Waals surface area (Å²) in [6.07, 6.45) is 1.70. The summed E-state index contributed by atoms with van der Waals surface area (Å²) in [4.78, 5) is 43.4. The number of halogens is 3. The fourth-order valence-electron chi connectivity index (χ4n) is 4.67. The smallest absolute Gasteiger partial charge is 0.333 e. The number of likely N-dealkylation sites (N-methyl/N-ethyl adjacent to an activating group) is 1. The molecule has 0 spiro atoms. The Morgan fingerprint density at radius 3 is 2.57 bits per heavy atom. The van der Waals surface area contributed by atoms with Crippen LogP contribution in [0.2, 0.25) is 10.0 Å². The molecule has 0 aliphatic carbocycles.